The van der Waals surface area contributed by atoms with E-state index in [9.17, 15) is 4.79 Å². The van der Waals surface area contributed by atoms with Gasteiger partial charge in [0.1, 0.15) is 0 Å². The van der Waals surface area contributed by atoms with Crippen molar-refractivity contribution < 1.29 is 9.53 Å². The van der Waals surface area contributed by atoms with E-state index in [4.69, 9.17) is 4.74 Å². The fraction of sp³-hybridized carbons (Fsp3) is 0.321. The maximum absolute atomic E-state index is 13.3. The number of morpholine rings is 1. The summed E-state index contributed by atoms with van der Waals surface area (Å²) in [7, 11) is 0. The lowest BCUT2D eigenvalue weighted by molar-refractivity contribution is -0.0586. The number of rotatable bonds is 4. The van der Waals surface area contributed by atoms with Gasteiger partial charge in [0.25, 0.3) is 5.91 Å². The Labute approximate surface area is 200 Å². The number of benzene rings is 2. The van der Waals surface area contributed by atoms with Crippen molar-refractivity contribution in [1.82, 2.24) is 19.4 Å². The van der Waals surface area contributed by atoms with Gasteiger partial charge in [0.15, 0.2) is 0 Å². The molecule has 1 fully saturated rings. The number of hydrogen-bond donors (Lipinski definition) is 0. The van der Waals surface area contributed by atoms with Crippen LogP contribution in [0.25, 0.3) is 28.0 Å². The van der Waals surface area contributed by atoms with E-state index in [2.05, 4.69) is 42.1 Å². The molecule has 0 bridgehead atoms. The minimum Gasteiger partial charge on any atom is -0.372 e. The molecular weight excluding hydrogens is 424 g/mol. The van der Waals surface area contributed by atoms with Gasteiger partial charge in [-0.1, -0.05) is 37.3 Å². The molecule has 3 heterocycles. The number of hydrogen-bond acceptors (Lipinski definition) is 4. The van der Waals surface area contributed by atoms with Crippen LogP contribution >= 0.6 is 0 Å². The molecule has 1 amide bonds. The largest absolute Gasteiger partial charge is 0.372 e. The van der Waals surface area contributed by atoms with Crippen LogP contribution in [0, 0.1) is 6.92 Å². The average Bonchev–Trinajstić information content (AvgIpc) is 3.21. The first-order valence-corrected chi connectivity index (χ1v) is 11.9. The molecule has 2 unspecified atom stereocenters. The van der Waals surface area contributed by atoms with Crippen LogP contribution in [0.3, 0.4) is 0 Å². The zero-order valence-corrected chi connectivity index (χ0v) is 20.2. The summed E-state index contributed by atoms with van der Waals surface area (Å²) in [6.07, 6.45) is 6.78. The van der Waals surface area contributed by atoms with Gasteiger partial charge in [-0.3, -0.25) is 9.36 Å². The van der Waals surface area contributed by atoms with Crippen molar-refractivity contribution >= 4 is 16.8 Å². The molecule has 6 nitrogen and oxygen atoms in total. The van der Waals surface area contributed by atoms with E-state index in [1.807, 2.05) is 66.0 Å². The zero-order chi connectivity index (χ0) is 23.8. The summed E-state index contributed by atoms with van der Waals surface area (Å²) < 4.78 is 7.80. The zero-order valence-electron chi connectivity index (χ0n) is 20.2. The first kappa shape index (κ1) is 22.3. The average molecular weight is 455 g/mol. The Bertz CT molecular complexity index is 1330. The van der Waals surface area contributed by atoms with Gasteiger partial charge in [0, 0.05) is 48.2 Å². The van der Waals surface area contributed by atoms with E-state index < -0.39 is 0 Å². The van der Waals surface area contributed by atoms with E-state index in [1.54, 1.807) is 0 Å². The van der Waals surface area contributed by atoms with E-state index in [-0.39, 0.29) is 18.1 Å². The molecule has 4 aromatic rings. The van der Waals surface area contributed by atoms with E-state index in [0.29, 0.717) is 24.6 Å². The van der Waals surface area contributed by atoms with Crippen molar-refractivity contribution in [3.8, 4) is 17.1 Å². The third-order valence-corrected chi connectivity index (χ3v) is 6.53. The fourth-order valence-corrected chi connectivity index (χ4v) is 4.89. The maximum Gasteiger partial charge on any atom is 0.254 e. The van der Waals surface area contributed by atoms with Gasteiger partial charge < -0.3 is 9.64 Å². The Hall–Kier alpha value is -3.51. The van der Waals surface area contributed by atoms with Gasteiger partial charge in [-0.2, -0.15) is 0 Å². The summed E-state index contributed by atoms with van der Waals surface area (Å²) in [4.78, 5) is 24.6. The lowest BCUT2D eigenvalue weighted by Crippen LogP contribution is -2.48. The fourth-order valence-electron chi connectivity index (χ4n) is 4.89. The van der Waals surface area contributed by atoms with Crippen molar-refractivity contribution in [3.63, 3.8) is 0 Å². The first-order valence-electron chi connectivity index (χ1n) is 11.9. The number of carbonyl (C=O) groups excluding carboxylic acids is 1. The summed E-state index contributed by atoms with van der Waals surface area (Å²) in [6, 6.07) is 14.2. The summed E-state index contributed by atoms with van der Waals surface area (Å²) in [5, 5.41) is 1.12. The minimum absolute atomic E-state index is 0.0329. The molecule has 2 aromatic heterocycles. The van der Waals surface area contributed by atoms with Crippen LogP contribution in [0.1, 0.15) is 42.3 Å². The number of carbonyl (C=O) groups is 1. The molecule has 1 aliphatic rings. The monoisotopic (exact) mass is 454 g/mol. The van der Waals surface area contributed by atoms with Crippen LogP contribution in [0.4, 0.5) is 0 Å². The highest BCUT2D eigenvalue weighted by atomic mass is 16.5. The van der Waals surface area contributed by atoms with Crippen molar-refractivity contribution in [1.29, 1.82) is 0 Å². The van der Waals surface area contributed by atoms with Crippen LogP contribution in [0.15, 0.2) is 61.1 Å². The van der Waals surface area contributed by atoms with Gasteiger partial charge in [0.05, 0.1) is 17.7 Å². The highest BCUT2D eigenvalue weighted by Crippen LogP contribution is 2.28. The van der Waals surface area contributed by atoms with Crippen molar-refractivity contribution in [2.24, 2.45) is 0 Å². The molecule has 1 saturated heterocycles. The third-order valence-electron chi connectivity index (χ3n) is 6.53. The van der Waals surface area contributed by atoms with Crippen LogP contribution in [-0.2, 0) is 11.2 Å². The molecule has 34 heavy (non-hydrogen) atoms. The number of fused-ring (bicyclic) bond motifs is 1. The van der Waals surface area contributed by atoms with Crippen molar-refractivity contribution in [2.45, 2.75) is 46.3 Å². The standard InChI is InChI=1S/C28H30N4O2/c1-5-21-17-32(28-29-13-23(14-30-28)24-9-7-6-8-18(24)2)26-12-22(10-11-25(21)26)27(33)31-15-19(3)34-20(4)16-31/h6-14,17,19-20H,5,15-16H2,1-4H3. The highest BCUT2D eigenvalue weighted by molar-refractivity contribution is 5.99. The number of aromatic nitrogens is 3. The van der Waals surface area contributed by atoms with Gasteiger partial charge in [-0.15, -0.1) is 0 Å². The smallest absolute Gasteiger partial charge is 0.254 e. The molecule has 2 atom stereocenters. The van der Waals surface area contributed by atoms with E-state index in [1.165, 1.54) is 11.1 Å². The van der Waals surface area contributed by atoms with Crippen LogP contribution in [-0.4, -0.2) is 50.6 Å². The number of ether oxygens (including phenoxy) is 1. The second-order valence-corrected chi connectivity index (χ2v) is 9.16. The third kappa shape index (κ3) is 4.10. The van der Waals surface area contributed by atoms with E-state index in [0.717, 1.165) is 28.5 Å². The Kier molecular flexibility index (Phi) is 5.92. The quantitative estimate of drug-likeness (QED) is 0.425. The molecule has 174 valence electrons. The van der Waals surface area contributed by atoms with Gasteiger partial charge in [-0.25, -0.2) is 9.97 Å². The van der Waals surface area contributed by atoms with Crippen LogP contribution < -0.4 is 0 Å². The molecule has 0 saturated carbocycles. The Morgan fingerprint density at radius 2 is 1.76 bits per heavy atom. The Morgan fingerprint density at radius 1 is 1.06 bits per heavy atom. The Balaban J connectivity index is 1.52. The molecule has 0 N–H and O–H groups in total. The van der Waals surface area contributed by atoms with Crippen LogP contribution in [0.2, 0.25) is 0 Å². The SMILES string of the molecule is CCc1cn(-c2ncc(-c3ccccc3C)cn2)c2cc(C(=O)N3CC(C)OC(C)C3)ccc12. The molecule has 1 aliphatic heterocycles. The topological polar surface area (TPSA) is 60.2 Å². The number of nitrogens with zero attached hydrogens (tertiary/aromatic N) is 4. The first-order chi connectivity index (χ1) is 16.4. The summed E-state index contributed by atoms with van der Waals surface area (Å²) in [6.45, 7) is 9.45. The number of aryl methyl sites for hydroxylation is 2. The maximum atomic E-state index is 13.3. The Morgan fingerprint density at radius 3 is 2.44 bits per heavy atom. The number of amides is 1. The van der Waals surface area contributed by atoms with Crippen molar-refractivity contribution in [3.05, 3.63) is 77.7 Å². The van der Waals surface area contributed by atoms with E-state index >= 15 is 0 Å². The molecule has 0 radical (unpaired) electrons. The summed E-state index contributed by atoms with van der Waals surface area (Å²) in [5.41, 5.74) is 6.12. The highest BCUT2D eigenvalue weighted by Gasteiger charge is 2.27. The second kappa shape index (κ2) is 9.03. The molecule has 0 aliphatic carbocycles. The molecule has 2 aromatic carbocycles. The predicted molar refractivity (Wildman–Crippen MR) is 134 cm³/mol. The van der Waals surface area contributed by atoms with Crippen LogP contribution in [0.5, 0.6) is 0 Å². The summed E-state index contributed by atoms with van der Waals surface area (Å²) in [5.74, 6) is 0.630. The van der Waals surface area contributed by atoms with Crippen molar-refractivity contribution in [2.75, 3.05) is 13.1 Å². The molecule has 5 rings (SSSR count). The minimum atomic E-state index is 0.0329. The predicted octanol–water partition coefficient (Wildman–Crippen LogP) is 5.21. The molecule has 0 spiro atoms. The lowest BCUT2D eigenvalue weighted by Gasteiger charge is -2.35. The normalized spacial score (nSPS) is 18.4. The molecular formula is C28H30N4O2. The molecule has 6 heteroatoms. The van der Waals surface area contributed by atoms with Gasteiger partial charge in [-0.05, 0) is 56.0 Å². The second-order valence-electron chi connectivity index (χ2n) is 9.16. The van der Waals surface area contributed by atoms with Gasteiger partial charge in [0.2, 0.25) is 5.95 Å². The summed E-state index contributed by atoms with van der Waals surface area (Å²) >= 11 is 0. The van der Waals surface area contributed by atoms with Gasteiger partial charge >= 0.3 is 0 Å². The lowest BCUT2D eigenvalue weighted by atomic mass is 10.0.